The minimum Gasteiger partial charge on any atom is -0.243 e. The standard InChI is InChI=1S/C16H15BrN2OS.2C2H6/c1-10-4-6-14(7-5-10)21(20)19-12(3)11(2)15-8-13(17)9-18-16(15)19;2*1-2/h4-9H,1-3H3;2*1-2H3. The molecule has 25 heavy (non-hydrogen) atoms. The Morgan fingerprint density at radius 3 is 2.12 bits per heavy atom. The number of pyridine rings is 1. The highest BCUT2D eigenvalue weighted by atomic mass is 79.9. The molecule has 0 aliphatic carbocycles. The van der Waals surface area contributed by atoms with Gasteiger partial charge in [0.05, 0.1) is 4.90 Å². The average Bonchev–Trinajstić information content (AvgIpc) is 2.89. The molecule has 1 unspecified atom stereocenters. The van der Waals surface area contributed by atoms with E-state index in [4.69, 9.17) is 0 Å². The van der Waals surface area contributed by atoms with Gasteiger partial charge < -0.3 is 0 Å². The van der Waals surface area contributed by atoms with E-state index in [2.05, 4.69) is 20.9 Å². The summed E-state index contributed by atoms with van der Waals surface area (Å²) in [6.07, 6.45) is 1.74. The van der Waals surface area contributed by atoms with Crippen molar-refractivity contribution in [2.75, 3.05) is 0 Å². The lowest BCUT2D eigenvalue weighted by atomic mass is 10.2. The van der Waals surface area contributed by atoms with E-state index in [1.54, 1.807) is 6.20 Å². The molecule has 0 aliphatic rings. The summed E-state index contributed by atoms with van der Waals surface area (Å²) in [6, 6.07) is 9.79. The number of rotatable bonds is 2. The fourth-order valence-corrected chi connectivity index (χ4v) is 3.94. The molecule has 0 saturated heterocycles. The number of nitrogens with zero attached hydrogens (tertiary/aromatic N) is 2. The van der Waals surface area contributed by atoms with E-state index < -0.39 is 11.0 Å². The number of benzene rings is 1. The molecule has 0 bridgehead atoms. The van der Waals surface area contributed by atoms with Gasteiger partial charge in [-0.15, -0.1) is 0 Å². The van der Waals surface area contributed by atoms with Crippen molar-refractivity contribution in [2.45, 2.75) is 53.4 Å². The Labute approximate surface area is 162 Å². The molecule has 0 saturated carbocycles. The van der Waals surface area contributed by atoms with Crippen LogP contribution >= 0.6 is 15.9 Å². The van der Waals surface area contributed by atoms with Gasteiger partial charge in [0.2, 0.25) is 0 Å². The van der Waals surface area contributed by atoms with Crippen LogP contribution in [-0.2, 0) is 11.0 Å². The molecule has 5 heteroatoms. The van der Waals surface area contributed by atoms with Gasteiger partial charge in [-0.2, -0.15) is 0 Å². The first kappa shape index (κ1) is 21.6. The first-order chi connectivity index (χ1) is 12.0. The molecule has 0 fully saturated rings. The number of hydrogen-bond acceptors (Lipinski definition) is 2. The Morgan fingerprint density at radius 2 is 1.56 bits per heavy atom. The van der Waals surface area contributed by atoms with Crippen LogP contribution in [0.4, 0.5) is 0 Å². The molecular weight excluding hydrogens is 396 g/mol. The fraction of sp³-hybridized carbons (Fsp3) is 0.350. The molecular formula is C20H27BrN2OS. The third-order valence-electron chi connectivity index (χ3n) is 3.67. The van der Waals surface area contributed by atoms with Gasteiger partial charge in [0.15, 0.2) is 16.6 Å². The van der Waals surface area contributed by atoms with Crippen molar-refractivity contribution in [2.24, 2.45) is 0 Å². The van der Waals surface area contributed by atoms with E-state index in [-0.39, 0.29) is 0 Å². The summed E-state index contributed by atoms with van der Waals surface area (Å²) in [6.45, 7) is 14.0. The van der Waals surface area contributed by atoms with Crippen molar-refractivity contribution in [3.8, 4) is 0 Å². The zero-order chi connectivity index (χ0) is 19.1. The van der Waals surface area contributed by atoms with Crippen molar-refractivity contribution >= 4 is 37.9 Å². The Morgan fingerprint density at radius 1 is 1.00 bits per heavy atom. The van der Waals surface area contributed by atoms with E-state index in [0.29, 0.717) is 0 Å². The summed E-state index contributed by atoms with van der Waals surface area (Å²) in [5.41, 5.74) is 4.00. The largest absolute Gasteiger partial charge is 0.243 e. The smallest absolute Gasteiger partial charge is 0.158 e. The zero-order valence-corrected chi connectivity index (χ0v) is 18.5. The number of hydrogen-bond donors (Lipinski definition) is 0. The molecule has 3 aromatic rings. The second-order valence-electron chi connectivity index (χ2n) is 5.09. The average molecular weight is 423 g/mol. The molecule has 1 atom stereocenters. The summed E-state index contributed by atoms with van der Waals surface area (Å²) in [5.74, 6) is 0. The summed E-state index contributed by atoms with van der Waals surface area (Å²) < 4.78 is 15.6. The highest BCUT2D eigenvalue weighted by molar-refractivity contribution is 9.10. The van der Waals surface area contributed by atoms with Crippen LogP contribution in [0.25, 0.3) is 11.0 Å². The van der Waals surface area contributed by atoms with Gasteiger partial charge >= 0.3 is 0 Å². The lowest BCUT2D eigenvalue weighted by molar-refractivity contribution is 0.677. The predicted octanol–water partition coefficient (Wildman–Crippen LogP) is 6.35. The molecule has 1 aromatic carbocycles. The van der Waals surface area contributed by atoms with Crippen LogP contribution < -0.4 is 0 Å². The number of aromatic nitrogens is 2. The molecule has 136 valence electrons. The van der Waals surface area contributed by atoms with Crippen LogP contribution in [0.1, 0.15) is 44.5 Å². The van der Waals surface area contributed by atoms with Crippen molar-refractivity contribution in [3.05, 3.63) is 57.8 Å². The molecule has 2 heterocycles. The van der Waals surface area contributed by atoms with Crippen LogP contribution in [-0.4, -0.2) is 13.2 Å². The predicted molar refractivity (Wildman–Crippen MR) is 113 cm³/mol. The fourth-order valence-electron chi connectivity index (χ4n) is 2.34. The van der Waals surface area contributed by atoms with Gasteiger partial charge in [0.1, 0.15) is 0 Å². The monoisotopic (exact) mass is 422 g/mol. The van der Waals surface area contributed by atoms with Gasteiger partial charge in [-0.05, 0) is 60.5 Å². The third-order valence-corrected chi connectivity index (χ3v) is 5.55. The van der Waals surface area contributed by atoms with Crippen LogP contribution in [0.15, 0.2) is 45.9 Å². The Balaban J connectivity index is 0.000000730. The first-order valence-corrected chi connectivity index (χ1v) is 10.5. The molecule has 2 aromatic heterocycles. The van der Waals surface area contributed by atoms with Crippen molar-refractivity contribution in [1.82, 2.24) is 8.96 Å². The summed E-state index contributed by atoms with van der Waals surface area (Å²) in [5, 5.41) is 1.03. The minimum absolute atomic E-state index is 0.757. The Hall–Kier alpha value is -1.46. The second-order valence-corrected chi connectivity index (χ2v) is 7.34. The van der Waals surface area contributed by atoms with E-state index in [1.165, 1.54) is 0 Å². The molecule has 3 nitrogen and oxygen atoms in total. The highest BCUT2D eigenvalue weighted by Crippen LogP contribution is 2.28. The van der Waals surface area contributed by atoms with Gasteiger partial charge in [-0.1, -0.05) is 45.4 Å². The van der Waals surface area contributed by atoms with Crippen LogP contribution in [0.3, 0.4) is 0 Å². The minimum atomic E-state index is -1.29. The Bertz CT molecular complexity index is 854. The maximum absolute atomic E-state index is 12.9. The number of fused-ring (bicyclic) bond motifs is 1. The third kappa shape index (κ3) is 4.59. The molecule has 3 rings (SSSR count). The van der Waals surface area contributed by atoms with Crippen molar-refractivity contribution in [3.63, 3.8) is 0 Å². The normalized spacial score (nSPS) is 11.2. The summed E-state index contributed by atoms with van der Waals surface area (Å²) >= 11 is 3.44. The summed E-state index contributed by atoms with van der Waals surface area (Å²) in [7, 11) is -1.29. The van der Waals surface area contributed by atoms with E-state index in [0.717, 1.165) is 37.2 Å². The Kier molecular flexibility index (Phi) is 8.53. The highest BCUT2D eigenvalue weighted by Gasteiger charge is 2.18. The van der Waals surface area contributed by atoms with Crippen LogP contribution in [0.5, 0.6) is 0 Å². The SMILES string of the molecule is CC.CC.Cc1ccc(S(=O)n2c(C)c(C)c3cc(Br)cnc32)cc1. The lowest BCUT2D eigenvalue weighted by Crippen LogP contribution is -2.07. The van der Waals surface area contributed by atoms with Crippen LogP contribution in [0.2, 0.25) is 0 Å². The number of aryl methyl sites for hydroxylation is 2. The topological polar surface area (TPSA) is 34.9 Å². The van der Waals surface area contributed by atoms with Gasteiger partial charge in [-0.25, -0.2) is 13.2 Å². The van der Waals surface area contributed by atoms with E-state index >= 15 is 0 Å². The summed E-state index contributed by atoms with van der Waals surface area (Å²) in [4.78, 5) is 5.23. The maximum Gasteiger partial charge on any atom is 0.158 e. The quantitative estimate of drug-likeness (QED) is 0.482. The zero-order valence-electron chi connectivity index (χ0n) is 16.1. The number of halogens is 1. The maximum atomic E-state index is 12.9. The molecule has 0 N–H and O–H groups in total. The van der Waals surface area contributed by atoms with Crippen molar-refractivity contribution in [1.29, 1.82) is 0 Å². The van der Waals surface area contributed by atoms with Crippen molar-refractivity contribution < 1.29 is 4.21 Å². The second kappa shape index (κ2) is 9.88. The van der Waals surface area contributed by atoms with Gasteiger partial charge in [-0.3, -0.25) is 0 Å². The lowest BCUT2D eigenvalue weighted by Gasteiger charge is -2.07. The van der Waals surface area contributed by atoms with Crippen LogP contribution in [0, 0.1) is 20.8 Å². The molecule has 0 radical (unpaired) electrons. The molecule has 0 amide bonds. The van der Waals surface area contributed by atoms with Gasteiger partial charge in [0, 0.05) is 21.7 Å². The van der Waals surface area contributed by atoms with E-state index in [9.17, 15) is 4.21 Å². The van der Waals surface area contributed by atoms with E-state index in [1.807, 2.05) is 82.8 Å². The van der Waals surface area contributed by atoms with Gasteiger partial charge in [0.25, 0.3) is 0 Å². The molecule has 0 aliphatic heterocycles. The molecule has 0 spiro atoms. The first-order valence-electron chi connectivity index (χ1n) is 8.61.